The van der Waals surface area contributed by atoms with Crippen LogP contribution in [0.15, 0.2) is 21.2 Å². The topological polar surface area (TPSA) is 72.4 Å². The largest absolute Gasteiger partial charge is 0.361 e. The second-order valence-corrected chi connectivity index (χ2v) is 5.66. The lowest BCUT2D eigenvalue weighted by atomic mass is 10.1. The molecule has 2 aromatic heterocycles. The molecule has 1 amide bonds. The first-order valence-corrected chi connectivity index (χ1v) is 7.95. The maximum absolute atomic E-state index is 12.7. The molecule has 1 aliphatic heterocycles. The molecule has 0 aromatic carbocycles. The van der Waals surface area contributed by atoms with Crippen LogP contribution in [-0.2, 0) is 12.8 Å². The van der Waals surface area contributed by atoms with Gasteiger partial charge >= 0.3 is 0 Å². The Kier molecular flexibility index (Phi) is 4.27. The molecule has 3 rings (SSSR count). The highest BCUT2D eigenvalue weighted by Crippen LogP contribution is 2.33. The zero-order chi connectivity index (χ0) is 15.5. The van der Waals surface area contributed by atoms with Gasteiger partial charge in [0, 0.05) is 25.1 Å². The summed E-state index contributed by atoms with van der Waals surface area (Å²) >= 11 is 0. The molecular weight excluding hydrogens is 282 g/mol. The van der Waals surface area contributed by atoms with Gasteiger partial charge in [-0.05, 0) is 25.7 Å². The second kappa shape index (κ2) is 6.34. The number of carbonyl (C=O) groups is 1. The molecule has 0 spiro atoms. The lowest BCUT2D eigenvalue weighted by molar-refractivity contribution is 0.0704. The standard InChI is InChI=1S/C16H21N3O3/c1-3-6-12-10-13(18-21-12)16(20)19-8-5-7-14(19)15-9-11(4-2)17-22-15/h9-10,14H,3-8H2,1-2H3/t14-/m1/s1. The quantitative estimate of drug-likeness (QED) is 0.848. The van der Waals surface area contributed by atoms with Crippen molar-refractivity contribution in [2.45, 2.75) is 52.0 Å². The number of aryl methyl sites for hydroxylation is 2. The van der Waals surface area contributed by atoms with Crippen molar-refractivity contribution < 1.29 is 13.8 Å². The number of amides is 1. The van der Waals surface area contributed by atoms with Crippen molar-refractivity contribution in [3.63, 3.8) is 0 Å². The zero-order valence-electron chi connectivity index (χ0n) is 13.0. The Morgan fingerprint density at radius 1 is 1.32 bits per heavy atom. The Morgan fingerprint density at radius 2 is 2.18 bits per heavy atom. The van der Waals surface area contributed by atoms with Crippen LogP contribution < -0.4 is 0 Å². The van der Waals surface area contributed by atoms with E-state index in [1.165, 1.54) is 0 Å². The van der Waals surface area contributed by atoms with Crippen LogP contribution in [-0.4, -0.2) is 27.7 Å². The number of aromatic nitrogens is 2. The van der Waals surface area contributed by atoms with Crippen molar-refractivity contribution in [2.75, 3.05) is 6.54 Å². The van der Waals surface area contributed by atoms with Crippen molar-refractivity contribution in [1.82, 2.24) is 15.2 Å². The van der Waals surface area contributed by atoms with E-state index in [-0.39, 0.29) is 11.9 Å². The third-order valence-corrected chi connectivity index (χ3v) is 4.06. The van der Waals surface area contributed by atoms with Crippen LogP contribution in [0.1, 0.15) is 66.9 Å². The highest BCUT2D eigenvalue weighted by molar-refractivity contribution is 5.92. The number of hydrogen-bond donors (Lipinski definition) is 0. The Balaban J connectivity index is 1.78. The van der Waals surface area contributed by atoms with E-state index in [0.717, 1.165) is 49.3 Å². The van der Waals surface area contributed by atoms with Gasteiger partial charge in [-0.15, -0.1) is 0 Å². The third kappa shape index (κ3) is 2.77. The lowest BCUT2D eigenvalue weighted by Crippen LogP contribution is -2.30. The zero-order valence-corrected chi connectivity index (χ0v) is 13.0. The molecule has 3 heterocycles. The third-order valence-electron chi connectivity index (χ3n) is 4.06. The first-order chi connectivity index (χ1) is 10.7. The van der Waals surface area contributed by atoms with Gasteiger partial charge in [0.1, 0.15) is 5.76 Å². The molecule has 0 radical (unpaired) electrons. The molecule has 1 atom stereocenters. The van der Waals surface area contributed by atoms with E-state index in [2.05, 4.69) is 17.2 Å². The van der Waals surface area contributed by atoms with E-state index >= 15 is 0 Å². The summed E-state index contributed by atoms with van der Waals surface area (Å²) in [5, 5.41) is 7.94. The molecule has 0 N–H and O–H groups in total. The monoisotopic (exact) mass is 303 g/mol. The number of carbonyl (C=O) groups excluding carboxylic acids is 1. The van der Waals surface area contributed by atoms with E-state index in [1.54, 1.807) is 6.07 Å². The first-order valence-electron chi connectivity index (χ1n) is 7.95. The maximum atomic E-state index is 12.7. The molecule has 6 nitrogen and oxygen atoms in total. The predicted molar refractivity (Wildman–Crippen MR) is 79.4 cm³/mol. The van der Waals surface area contributed by atoms with Crippen molar-refractivity contribution in [3.8, 4) is 0 Å². The molecule has 1 saturated heterocycles. The van der Waals surface area contributed by atoms with Gasteiger partial charge < -0.3 is 13.9 Å². The summed E-state index contributed by atoms with van der Waals surface area (Å²) in [6, 6.07) is 3.65. The van der Waals surface area contributed by atoms with Gasteiger partial charge in [-0.3, -0.25) is 4.79 Å². The first kappa shape index (κ1) is 14.8. The predicted octanol–water partition coefficient (Wildman–Crippen LogP) is 3.15. The molecule has 118 valence electrons. The van der Waals surface area contributed by atoms with Gasteiger partial charge in [-0.1, -0.05) is 24.2 Å². The maximum Gasteiger partial charge on any atom is 0.276 e. The van der Waals surface area contributed by atoms with Crippen LogP contribution in [0.3, 0.4) is 0 Å². The molecule has 1 fully saturated rings. The molecule has 2 aromatic rings. The Bertz CT molecular complexity index is 647. The summed E-state index contributed by atoms with van der Waals surface area (Å²) in [7, 11) is 0. The summed E-state index contributed by atoms with van der Waals surface area (Å²) < 4.78 is 10.6. The van der Waals surface area contributed by atoms with E-state index in [1.807, 2.05) is 17.9 Å². The minimum atomic E-state index is -0.0944. The molecular formula is C16H21N3O3. The van der Waals surface area contributed by atoms with Crippen molar-refractivity contribution in [3.05, 3.63) is 35.0 Å². The minimum Gasteiger partial charge on any atom is -0.361 e. The lowest BCUT2D eigenvalue weighted by Gasteiger charge is -2.21. The van der Waals surface area contributed by atoms with Crippen LogP contribution in [0.2, 0.25) is 0 Å². The summed E-state index contributed by atoms with van der Waals surface area (Å²) in [4.78, 5) is 14.5. The van der Waals surface area contributed by atoms with Crippen LogP contribution in [0, 0.1) is 0 Å². The Morgan fingerprint density at radius 3 is 2.91 bits per heavy atom. The van der Waals surface area contributed by atoms with Crippen LogP contribution in [0.4, 0.5) is 0 Å². The minimum absolute atomic E-state index is 0.0494. The Labute approximate surface area is 129 Å². The second-order valence-electron chi connectivity index (χ2n) is 5.66. The number of nitrogens with zero attached hydrogens (tertiary/aromatic N) is 3. The molecule has 0 saturated carbocycles. The summed E-state index contributed by atoms with van der Waals surface area (Å²) in [5.41, 5.74) is 1.30. The number of hydrogen-bond acceptors (Lipinski definition) is 5. The molecule has 0 bridgehead atoms. The van der Waals surface area contributed by atoms with Crippen molar-refractivity contribution in [2.24, 2.45) is 0 Å². The van der Waals surface area contributed by atoms with Crippen LogP contribution in [0.25, 0.3) is 0 Å². The summed E-state index contributed by atoms with van der Waals surface area (Å²) in [5.74, 6) is 1.43. The van der Waals surface area contributed by atoms with Crippen LogP contribution >= 0.6 is 0 Å². The van der Waals surface area contributed by atoms with Gasteiger partial charge in [0.25, 0.3) is 5.91 Å². The highest BCUT2D eigenvalue weighted by atomic mass is 16.5. The van der Waals surface area contributed by atoms with E-state index < -0.39 is 0 Å². The average molecular weight is 303 g/mol. The van der Waals surface area contributed by atoms with Gasteiger partial charge in [-0.2, -0.15) is 0 Å². The normalized spacial score (nSPS) is 18.1. The SMILES string of the molecule is CCCc1cc(C(=O)N2CCC[C@@H]2c2cc(CC)no2)no1. The molecule has 22 heavy (non-hydrogen) atoms. The van der Waals surface area contributed by atoms with Crippen molar-refractivity contribution >= 4 is 5.91 Å². The van der Waals surface area contributed by atoms with Gasteiger partial charge in [0.15, 0.2) is 11.5 Å². The van der Waals surface area contributed by atoms with Gasteiger partial charge in [0.2, 0.25) is 0 Å². The van der Waals surface area contributed by atoms with Crippen molar-refractivity contribution in [1.29, 1.82) is 0 Å². The van der Waals surface area contributed by atoms with Crippen LogP contribution in [0.5, 0.6) is 0 Å². The van der Waals surface area contributed by atoms with E-state index in [4.69, 9.17) is 9.05 Å². The molecule has 1 aliphatic rings. The van der Waals surface area contributed by atoms with E-state index in [0.29, 0.717) is 12.2 Å². The molecule has 0 aliphatic carbocycles. The highest BCUT2D eigenvalue weighted by Gasteiger charge is 2.34. The van der Waals surface area contributed by atoms with Gasteiger partial charge in [-0.25, -0.2) is 0 Å². The smallest absolute Gasteiger partial charge is 0.276 e. The number of rotatable bonds is 5. The fourth-order valence-electron chi connectivity index (χ4n) is 2.88. The molecule has 6 heteroatoms. The molecule has 0 unspecified atom stereocenters. The number of likely N-dealkylation sites (tertiary alicyclic amines) is 1. The average Bonchev–Trinajstić information content (AvgIpc) is 3.26. The summed E-state index contributed by atoms with van der Waals surface area (Å²) in [6.07, 6.45) is 4.44. The fourth-order valence-corrected chi connectivity index (χ4v) is 2.88. The summed E-state index contributed by atoms with van der Waals surface area (Å²) in [6.45, 7) is 4.81. The Hall–Kier alpha value is -2.11. The van der Waals surface area contributed by atoms with E-state index in [9.17, 15) is 4.79 Å². The van der Waals surface area contributed by atoms with Gasteiger partial charge in [0.05, 0.1) is 11.7 Å². The fraction of sp³-hybridized carbons (Fsp3) is 0.562.